The minimum absolute atomic E-state index is 0.164. The first-order valence-corrected chi connectivity index (χ1v) is 9.54. The van der Waals surface area contributed by atoms with Gasteiger partial charge in [-0.1, -0.05) is 35.5 Å². The summed E-state index contributed by atoms with van der Waals surface area (Å²) in [7, 11) is 1.59. The van der Waals surface area contributed by atoms with Crippen LogP contribution in [-0.4, -0.2) is 42.3 Å². The van der Waals surface area contributed by atoms with Gasteiger partial charge in [0.15, 0.2) is 5.82 Å². The van der Waals surface area contributed by atoms with Crippen molar-refractivity contribution in [1.82, 2.24) is 10.5 Å². The van der Waals surface area contributed by atoms with Crippen LogP contribution in [-0.2, 0) is 20.9 Å². The molecule has 3 aliphatic heterocycles. The molecular weight excluding hydrogens is 374 g/mol. The summed E-state index contributed by atoms with van der Waals surface area (Å²) in [6.45, 7) is 2.41. The molecule has 2 saturated heterocycles. The molecule has 0 radical (unpaired) electrons. The van der Waals surface area contributed by atoms with Gasteiger partial charge in [-0.15, -0.1) is 0 Å². The van der Waals surface area contributed by atoms with Gasteiger partial charge < -0.3 is 19.3 Å². The van der Waals surface area contributed by atoms with E-state index in [0.29, 0.717) is 30.4 Å². The molecule has 29 heavy (non-hydrogen) atoms. The van der Waals surface area contributed by atoms with E-state index in [1.165, 1.54) is 0 Å². The number of para-hydroxylation sites is 1. The molecule has 1 N–H and O–H groups in total. The van der Waals surface area contributed by atoms with Crippen molar-refractivity contribution in [3.8, 4) is 5.75 Å². The number of carbonyl (C=O) groups is 2. The molecule has 1 spiro atoms. The van der Waals surface area contributed by atoms with Crippen LogP contribution in [0.5, 0.6) is 5.75 Å². The van der Waals surface area contributed by atoms with Crippen LogP contribution in [0, 0.1) is 18.8 Å². The second-order valence-electron chi connectivity index (χ2n) is 7.65. The maximum atomic E-state index is 13.2. The number of carbonyl (C=O) groups excluding carboxylic acids is 2. The molecule has 8 nitrogen and oxygen atoms in total. The zero-order chi connectivity index (χ0) is 20.2. The summed E-state index contributed by atoms with van der Waals surface area (Å²) in [5.41, 5.74) is 0.0799. The Morgan fingerprint density at radius 3 is 3.00 bits per heavy atom. The average molecular weight is 395 g/mol. The number of rotatable bonds is 5. The number of hydrogen-bond donors (Lipinski definition) is 1. The summed E-state index contributed by atoms with van der Waals surface area (Å²) in [4.78, 5) is 27.8. The third kappa shape index (κ3) is 2.66. The van der Waals surface area contributed by atoms with Gasteiger partial charge in [0.05, 0.1) is 31.6 Å². The van der Waals surface area contributed by atoms with Crippen molar-refractivity contribution in [2.24, 2.45) is 11.8 Å². The number of aromatic nitrogens is 1. The fraction of sp³-hybridized carbons (Fsp3) is 0.381. The van der Waals surface area contributed by atoms with E-state index in [1.54, 1.807) is 25.0 Å². The number of ether oxygens (including phenoxy) is 2. The number of hydrogen-bond acceptors (Lipinski definition) is 6. The Hall–Kier alpha value is -3.13. The molecule has 2 amide bonds. The summed E-state index contributed by atoms with van der Waals surface area (Å²) in [5, 5.41) is 6.91. The summed E-state index contributed by atoms with van der Waals surface area (Å²) in [6.07, 6.45) is 3.40. The van der Waals surface area contributed by atoms with E-state index in [4.69, 9.17) is 14.0 Å². The van der Waals surface area contributed by atoms with Gasteiger partial charge in [-0.25, -0.2) is 0 Å². The highest BCUT2D eigenvalue weighted by Gasteiger charge is 2.67. The highest BCUT2D eigenvalue weighted by molar-refractivity contribution is 6.02. The Morgan fingerprint density at radius 2 is 2.24 bits per heavy atom. The van der Waals surface area contributed by atoms with Crippen LogP contribution >= 0.6 is 0 Å². The van der Waals surface area contributed by atoms with E-state index in [1.807, 2.05) is 36.4 Å². The number of benzene rings is 1. The lowest BCUT2D eigenvalue weighted by Crippen LogP contribution is -2.44. The van der Waals surface area contributed by atoms with Crippen molar-refractivity contribution in [2.45, 2.75) is 25.2 Å². The van der Waals surface area contributed by atoms with Crippen LogP contribution in [0.1, 0.15) is 11.3 Å². The second-order valence-corrected chi connectivity index (χ2v) is 7.65. The van der Waals surface area contributed by atoms with Crippen molar-refractivity contribution in [1.29, 1.82) is 0 Å². The molecule has 0 unspecified atom stereocenters. The van der Waals surface area contributed by atoms with Crippen LogP contribution in [0.2, 0.25) is 0 Å². The van der Waals surface area contributed by atoms with E-state index in [-0.39, 0.29) is 11.8 Å². The molecule has 2 aromatic rings. The minimum Gasteiger partial charge on any atom is -0.496 e. The largest absolute Gasteiger partial charge is 0.496 e. The van der Waals surface area contributed by atoms with Crippen LogP contribution in [0.15, 0.2) is 47.0 Å². The predicted molar refractivity (Wildman–Crippen MR) is 102 cm³/mol. The first kappa shape index (κ1) is 17.9. The maximum Gasteiger partial charge on any atom is 0.235 e. The molecule has 0 saturated carbocycles. The van der Waals surface area contributed by atoms with E-state index < -0.39 is 23.5 Å². The zero-order valence-corrected chi connectivity index (χ0v) is 16.1. The van der Waals surface area contributed by atoms with Crippen LogP contribution in [0.25, 0.3) is 0 Å². The molecule has 5 rings (SSSR count). The monoisotopic (exact) mass is 395 g/mol. The lowest BCUT2D eigenvalue weighted by Gasteiger charge is -2.23. The molecule has 4 heterocycles. The standard InChI is InChI=1S/C21H21N3O5/c1-12-9-16(23-29-12)24-11-21-8-7-15(28-21)17(18(21)20(24)26)19(25)22-10-13-5-3-4-6-14(13)27-2/h3-9,15,17-18H,10-11H2,1-2H3,(H,22,25)/t15-,17+,18-,21+/m1/s1. The third-order valence-corrected chi connectivity index (χ3v) is 5.94. The highest BCUT2D eigenvalue weighted by Crippen LogP contribution is 2.52. The van der Waals surface area contributed by atoms with Gasteiger partial charge in [0.2, 0.25) is 11.8 Å². The van der Waals surface area contributed by atoms with E-state index >= 15 is 0 Å². The number of nitrogens with one attached hydrogen (secondary N) is 1. The number of aryl methyl sites for hydroxylation is 1. The SMILES string of the molecule is COc1ccccc1CNC(=O)[C@H]1[C@H]2C=C[C@@]3(CN(c4cc(C)on4)C(=O)[C@@H]13)O2. The van der Waals surface area contributed by atoms with Gasteiger partial charge in [-0.05, 0) is 13.0 Å². The smallest absolute Gasteiger partial charge is 0.235 e. The molecule has 0 aliphatic carbocycles. The van der Waals surface area contributed by atoms with Crippen molar-refractivity contribution in [3.05, 3.63) is 53.8 Å². The van der Waals surface area contributed by atoms with Crippen molar-refractivity contribution < 1.29 is 23.6 Å². The number of methoxy groups -OCH3 is 1. The fourth-order valence-electron chi connectivity index (χ4n) is 4.62. The number of amides is 2. The van der Waals surface area contributed by atoms with E-state index in [2.05, 4.69) is 10.5 Å². The Kier molecular flexibility index (Phi) is 3.99. The Labute approximate surface area is 167 Å². The molecule has 1 aromatic heterocycles. The average Bonchev–Trinajstić information content (AvgIpc) is 3.47. The summed E-state index contributed by atoms with van der Waals surface area (Å²) in [6, 6.07) is 9.22. The normalized spacial score (nSPS) is 29.4. The molecule has 2 bridgehead atoms. The molecular formula is C21H21N3O5. The molecule has 3 aliphatic rings. The summed E-state index contributed by atoms with van der Waals surface area (Å²) < 4.78 is 16.6. The number of fused-ring (bicyclic) bond motifs is 1. The first-order chi connectivity index (χ1) is 14.0. The van der Waals surface area contributed by atoms with Gasteiger partial charge >= 0.3 is 0 Å². The van der Waals surface area contributed by atoms with Crippen molar-refractivity contribution in [2.75, 3.05) is 18.6 Å². The molecule has 2 fully saturated rings. The van der Waals surface area contributed by atoms with Crippen LogP contribution in [0.4, 0.5) is 5.82 Å². The predicted octanol–water partition coefficient (Wildman–Crippen LogP) is 1.59. The number of nitrogens with zero attached hydrogens (tertiary/aromatic N) is 2. The Balaban J connectivity index is 1.37. The summed E-state index contributed by atoms with van der Waals surface area (Å²) >= 11 is 0. The molecule has 150 valence electrons. The van der Waals surface area contributed by atoms with E-state index in [0.717, 1.165) is 5.56 Å². The number of anilines is 1. The lowest BCUT2D eigenvalue weighted by molar-refractivity contribution is -0.132. The topological polar surface area (TPSA) is 93.9 Å². The van der Waals surface area contributed by atoms with E-state index in [9.17, 15) is 9.59 Å². The lowest BCUT2D eigenvalue weighted by atomic mass is 9.77. The Bertz CT molecular complexity index is 1020. The second kappa shape index (κ2) is 6.45. The molecule has 8 heteroatoms. The Morgan fingerprint density at radius 1 is 1.41 bits per heavy atom. The summed E-state index contributed by atoms with van der Waals surface area (Å²) in [5.74, 6) is 0.246. The van der Waals surface area contributed by atoms with Crippen LogP contribution in [0.3, 0.4) is 0 Å². The van der Waals surface area contributed by atoms with Crippen LogP contribution < -0.4 is 15.0 Å². The van der Waals surface area contributed by atoms with Gasteiger partial charge in [0.25, 0.3) is 0 Å². The molecule has 1 aromatic carbocycles. The zero-order valence-electron chi connectivity index (χ0n) is 16.1. The van der Waals surface area contributed by atoms with Gasteiger partial charge in [0.1, 0.15) is 17.1 Å². The first-order valence-electron chi connectivity index (χ1n) is 9.54. The van der Waals surface area contributed by atoms with Gasteiger partial charge in [0, 0.05) is 18.2 Å². The highest BCUT2D eigenvalue weighted by atomic mass is 16.5. The minimum atomic E-state index is -0.791. The van der Waals surface area contributed by atoms with Crippen molar-refractivity contribution >= 4 is 17.6 Å². The third-order valence-electron chi connectivity index (χ3n) is 5.94. The quantitative estimate of drug-likeness (QED) is 0.773. The maximum absolute atomic E-state index is 13.2. The van der Waals surface area contributed by atoms with Gasteiger partial charge in [-0.3, -0.25) is 14.5 Å². The molecule has 4 atom stereocenters. The van der Waals surface area contributed by atoms with Gasteiger partial charge in [-0.2, -0.15) is 0 Å². The van der Waals surface area contributed by atoms with Crippen molar-refractivity contribution in [3.63, 3.8) is 0 Å². The fourth-order valence-corrected chi connectivity index (χ4v) is 4.62.